The smallest absolute Gasteiger partial charge is 0.209 e. The fourth-order valence-corrected chi connectivity index (χ4v) is 2.45. The number of carbonyl (C=O) groups excluding carboxylic acids is 1. The van der Waals surface area contributed by atoms with Gasteiger partial charge >= 0.3 is 0 Å². The number of piperazine rings is 1. The van der Waals surface area contributed by atoms with Gasteiger partial charge in [-0.3, -0.25) is 4.79 Å². The van der Waals surface area contributed by atoms with Crippen molar-refractivity contribution < 1.29 is 4.79 Å². The maximum Gasteiger partial charge on any atom is 0.209 e. The molecule has 22 heavy (non-hydrogen) atoms. The van der Waals surface area contributed by atoms with Gasteiger partial charge in [-0.1, -0.05) is 11.6 Å². The lowest BCUT2D eigenvalue weighted by molar-refractivity contribution is -0.118. The van der Waals surface area contributed by atoms with Crippen molar-refractivity contribution in [3.8, 4) is 0 Å². The molecule has 114 valence electrons. The molecule has 3 rings (SSSR count). The van der Waals surface area contributed by atoms with Crippen molar-refractivity contribution in [2.24, 2.45) is 0 Å². The Morgan fingerprint density at radius 1 is 1.09 bits per heavy atom. The maximum absolute atomic E-state index is 10.7. The molecule has 0 saturated carbocycles. The summed E-state index contributed by atoms with van der Waals surface area (Å²) < 4.78 is 0. The molecule has 0 spiro atoms. The second kappa shape index (κ2) is 6.62. The number of rotatable bonds is 4. The van der Waals surface area contributed by atoms with Crippen LogP contribution in [0.1, 0.15) is 0 Å². The Labute approximate surface area is 133 Å². The minimum atomic E-state index is 0.696. The number of amides is 1. The second-order valence-corrected chi connectivity index (χ2v) is 5.46. The lowest BCUT2D eigenvalue weighted by atomic mass is 10.3. The third kappa shape index (κ3) is 3.46. The van der Waals surface area contributed by atoms with E-state index in [-0.39, 0.29) is 0 Å². The van der Waals surface area contributed by atoms with E-state index in [2.05, 4.69) is 20.2 Å². The number of benzene rings is 1. The van der Waals surface area contributed by atoms with Gasteiger partial charge in [-0.05, 0) is 24.3 Å². The molecule has 1 N–H and O–H groups in total. The van der Waals surface area contributed by atoms with Gasteiger partial charge in [0, 0.05) is 43.0 Å². The monoisotopic (exact) mass is 317 g/mol. The van der Waals surface area contributed by atoms with Gasteiger partial charge in [-0.15, -0.1) is 0 Å². The molecule has 1 aromatic heterocycles. The maximum atomic E-state index is 10.7. The molecule has 1 fully saturated rings. The predicted octanol–water partition coefficient (Wildman–Crippen LogP) is 2.15. The third-order valence-electron chi connectivity index (χ3n) is 3.56. The van der Waals surface area contributed by atoms with E-state index in [9.17, 15) is 4.79 Å². The summed E-state index contributed by atoms with van der Waals surface area (Å²) >= 11 is 5.88. The lowest BCUT2D eigenvalue weighted by Gasteiger charge is -2.33. The Hall–Kier alpha value is -2.34. The van der Waals surface area contributed by atoms with Crippen molar-refractivity contribution in [3.05, 3.63) is 41.7 Å². The van der Waals surface area contributed by atoms with E-state index < -0.39 is 0 Å². The molecule has 1 saturated heterocycles. The molecule has 0 aliphatic carbocycles. The zero-order chi connectivity index (χ0) is 15.4. The van der Waals surface area contributed by atoms with Gasteiger partial charge in [0.25, 0.3) is 0 Å². The van der Waals surface area contributed by atoms with Crippen LogP contribution >= 0.6 is 11.6 Å². The van der Waals surface area contributed by atoms with E-state index in [4.69, 9.17) is 11.6 Å². The molecule has 0 unspecified atom stereocenters. The van der Waals surface area contributed by atoms with Crippen LogP contribution in [-0.2, 0) is 4.79 Å². The molecule has 1 aromatic carbocycles. The van der Waals surface area contributed by atoms with Crippen LogP contribution in [0.4, 0.5) is 17.3 Å². The predicted molar refractivity (Wildman–Crippen MR) is 86.6 cm³/mol. The fourth-order valence-electron chi connectivity index (χ4n) is 2.33. The van der Waals surface area contributed by atoms with Crippen LogP contribution in [0.2, 0.25) is 5.02 Å². The minimum absolute atomic E-state index is 0.696. The summed E-state index contributed by atoms with van der Waals surface area (Å²) in [6, 6.07) is 9.35. The van der Waals surface area contributed by atoms with Gasteiger partial charge in [0.2, 0.25) is 6.41 Å². The molecule has 6 nitrogen and oxygen atoms in total. The van der Waals surface area contributed by atoms with Gasteiger partial charge in [0.15, 0.2) is 0 Å². The summed E-state index contributed by atoms with van der Waals surface area (Å²) in [5.41, 5.74) is 0.917. The highest BCUT2D eigenvalue weighted by molar-refractivity contribution is 6.30. The van der Waals surface area contributed by atoms with Crippen LogP contribution in [-0.4, -0.2) is 47.5 Å². The summed E-state index contributed by atoms with van der Waals surface area (Å²) in [4.78, 5) is 23.2. The average molecular weight is 318 g/mol. The highest BCUT2D eigenvalue weighted by Gasteiger charge is 2.17. The summed E-state index contributed by atoms with van der Waals surface area (Å²) in [7, 11) is 0. The molecule has 1 aliphatic heterocycles. The molecule has 2 aromatic rings. The van der Waals surface area contributed by atoms with Crippen LogP contribution < -0.4 is 10.2 Å². The second-order valence-electron chi connectivity index (χ2n) is 5.02. The van der Waals surface area contributed by atoms with Gasteiger partial charge in [-0.2, -0.15) is 0 Å². The first-order valence-electron chi connectivity index (χ1n) is 7.03. The van der Waals surface area contributed by atoms with Crippen LogP contribution in [0, 0.1) is 0 Å². The lowest BCUT2D eigenvalue weighted by Crippen LogP contribution is -2.46. The summed E-state index contributed by atoms with van der Waals surface area (Å²) in [5, 5.41) is 3.92. The Morgan fingerprint density at radius 2 is 1.82 bits per heavy atom. The normalized spacial score (nSPS) is 14.8. The molecule has 0 bridgehead atoms. The Kier molecular flexibility index (Phi) is 4.39. The average Bonchev–Trinajstić information content (AvgIpc) is 2.57. The molecule has 7 heteroatoms. The van der Waals surface area contributed by atoms with Gasteiger partial charge < -0.3 is 15.1 Å². The van der Waals surface area contributed by atoms with E-state index >= 15 is 0 Å². The third-order valence-corrected chi connectivity index (χ3v) is 3.81. The fraction of sp³-hybridized carbons (Fsp3) is 0.267. The quantitative estimate of drug-likeness (QED) is 0.876. The zero-order valence-electron chi connectivity index (χ0n) is 11.9. The van der Waals surface area contributed by atoms with E-state index in [1.54, 1.807) is 11.2 Å². The van der Waals surface area contributed by atoms with Crippen LogP contribution in [0.25, 0.3) is 0 Å². The Bertz CT molecular complexity index is 641. The van der Waals surface area contributed by atoms with E-state index in [1.165, 1.54) is 0 Å². The number of aromatic nitrogens is 2. The van der Waals surface area contributed by atoms with Gasteiger partial charge in [0.05, 0.1) is 0 Å². The van der Waals surface area contributed by atoms with Crippen molar-refractivity contribution in [1.82, 2.24) is 14.9 Å². The number of nitrogens with zero attached hydrogens (tertiary/aromatic N) is 4. The van der Waals surface area contributed by atoms with E-state index in [1.807, 2.05) is 30.3 Å². The molecular weight excluding hydrogens is 302 g/mol. The van der Waals surface area contributed by atoms with Gasteiger partial charge in [0.1, 0.15) is 18.0 Å². The Balaban J connectivity index is 1.70. The largest absolute Gasteiger partial charge is 0.353 e. The molecule has 0 radical (unpaired) electrons. The molecule has 2 heterocycles. The molecule has 1 aliphatic rings. The number of hydrogen-bond donors (Lipinski definition) is 1. The van der Waals surface area contributed by atoms with Crippen LogP contribution in [0.5, 0.6) is 0 Å². The summed E-state index contributed by atoms with van der Waals surface area (Å²) in [6.45, 7) is 2.98. The van der Waals surface area contributed by atoms with Crippen LogP contribution in [0.3, 0.4) is 0 Å². The van der Waals surface area contributed by atoms with Crippen molar-refractivity contribution in [1.29, 1.82) is 0 Å². The minimum Gasteiger partial charge on any atom is -0.353 e. The first kappa shape index (κ1) is 14.6. The van der Waals surface area contributed by atoms with Crippen molar-refractivity contribution in [3.63, 3.8) is 0 Å². The zero-order valence-corrected chi connectivity index (χ0v) is 12.7. The number of carbonyl (C=O) groups is 1. The number of hydrogen-bond acceptors (Lipinski definition) is 5. The SMILES string of the molecule is O=CN1CCN(c2cc(Nc3ccc(Cl)cc3)ncn2)CC1. The number of halogens is 1. The highest BCUT2D eigenvalue weighted by Crippen LogP contribution is 2.20. The topological polar surface area (TPSA) is 61.4 Å². The Morgan fingerprint density at radius 3 is 2.50 bits per heavy atom. The summed E-state index contributed by atoms with van der Waals surface area (Å²) in [6.07, 6.45) is 2.44. The van der Waals surface area contributed by atoms with Crippen molar-refractivity contribution in [2.75, 3.05) is 36.4 Å². The van der Waals surface area contributed by atoms with E-state index in [0.717, 1.165) is 36.8 Å². The highest BCUT2D eigenvalue weighted by atomic mass is 35.5. The first-order valence-corrected chi connectivity index (χ1v) is 7.41. The number of anilines is 3. The molecule has 0 atom stereocenters. The van der Waals surface area contributed by atoms with Crippen molar-refractivity contribution in [2.45, 2.75) is 0 Å². The number of nitrogens with one attached hydrogen (secondary N) is 1. The standard InChI is InChI=1S/C15H16ClN5O/c16-12-1-3-13(4-2-12)19-14-9-15(18-10-17-14)21-7-5-20(11-22)6-8-21/h1-4,9-11H,5-8H2,(H,17,18,19). The summed E-state index contributed by atoms with van der Waals surface area (Å²) in [5.74, 6) is 1.59. The van der Waals surface area contributed by atoms with Crippen molar-refractivity contribution >= 4 is 35.3 Å². The molecule has 1 amide bonds. The van der Waals surface area contributed by atoms with Crippen LogP contribution in [0.15, 0.2) is 36.7 Å². The first-order chi connectivity index (χ1) is 10.7. The van der Waals surface area contributed by atoms with Gasteiger partial charge in [-0.25, -0.2) is 9.97 Å². The van der Waals surface area contributed by atoms with E-state index in [0.29, 0.717) is 18.1 Å². The molecular formula is C15H16ClN5O.